The summed E-state index contributed by atoms with van der Waals surface area (Å²) >= 11 is 0. The molecule has 1 fully saturated rings. The Morgan fingerprint density at radius 3 is 2.95 bits per heavy atom. The molecule has 0 spiro atoms. The van der Waals surface area contributed by atoms with Crippen molar-refractivity contribution in [1.29, 1.82) is 0 Å². The van der Waals surface area contributed by atoms with E-state index in [1.807, 2.05) is 7.05 Å². The minimum atomic E-state index is -0.673. The number of benzene rings is 1. The topological polar surface area (TPSA) is 95.7 Å². The molecule has 0 aliphatic carbocycles. The Hall–Kier alpha value is -2.15. The quantitative estimate of drug-likeness (QED) is 0.645. The summed E-state index contributed by atoms with van der Waals surface area (Å²) in [4.78, 5) is 24.1. The summed E-state index contributed by atoms with van der Waals surface area (Å²) in [7, 11) is 1.88. The lowest BCUT2D eigenvalue weighted by Crippen LogP contribution is -2.42. The van der Waals surface area contributed by atoms with Crippen molar-refractivity contribution in [2.45, 2.75) is 12.8 Å². The number of carbonyl (C=O) groups excluding carboxylic acids is 1. The van der Waals surface area contributed by atoms with Crippen molar-refractivity contribution in [3.8, 4) is 5.75 Å². The number of nitro benzene ring substituents is 1. The van der Waals surface area contributed by atoms with Crippen molar-refractivity contribution in [1.82, 2.24) is 10.2 Å². The van der Waals surface area contributed by atoms with Gasteiger partial charge in [-0.3, -0.25) is 14.9 Å². The molecule has 7 heteroatoms. The van der Waals surface area contributed by atoms with Crippen LogP contribution >= 0.6 is 0 Å². The maximum Gasteiger partial charge on any atom is 0.310 e. The van der Waals surface area contributed by atoms with E-state index in [0.717, 1.165) is 25.5 Å². The second-order valence-corrected chi connectivity index (χ2v) is 5.28. The van der Waals surface area contributed by atoms with E-state index in [1.54, 1.807) is 4.90 Å². The number of rotatable bonds is 4. The van der Waals surface area contributed by atoms with Gasteiger partial charge in [0.15, 0.2) is 5.75 Å². The molecule has 0 radical (unpaired) electrons. The highest BCUT2D eigenvalue weighted by molar-refractivity contribution is 5.95. The second kappa shape index (κ2) is 6.53. The summed E-state index contributed by atoms with van der Waals surface area (Å²) in [5, 5.41) is 23.4. The summed E-state index contributed by atoms with van der Waals surface area (Å²) in [6.07, 6.45) is 2.02. The van der Waals surface area contributed by atoms with Crippen LogP contribution in [-0.4, -0.2) is 47.5 Å². The van der Waals surface area contributed by atoms with Gasteiger partial charge < -0.3 is 15.3 Å². The Labute approximate surface area is 122 Å². The third-order valence-electron chi connectivity index (χ3n) is 3.72. The number of aromatic hydroxyl groups is 1. The number of nitro groups is 1. The molecule has 114 valence electrons. The van der Waals surface area contributed by atoms with Gasteiger partial charge in [0.05, 0.1) is 4.92 Å². The largest absolute Gasteiger partial charge is 0.502 e. The Bertz CT molecular complexity index is 545. The molecular formula is C14H19N3O4. The third kappa shape index (κ3) is 3.49. The van der Waals surface area contributed by atoms with Gasteiger partial charge in [0.1, 0.15) is 0 Å². The standard InChI is InChI=1S/C14H19N3O4/c1-15-8-10-3-2-6-16(9-10)14(19)11-4-5-12(17(20)21)13(18)7-11/h4-5,7,10,15,18H,2-3,6,8-9H2,1H3. The van der Waals surface area contributed by atoms with Crippen molar-refractivity contribution >= 4 is 11.6 Å². The predicted octanol–water partition coefficient (Wildman–Crippen LogP) is 1.37. The summed E-state index contributed by atoms with van der Waals surface area (Å²) in [5.41, 5.74) is -0.110. The van der Waals surface area contributed by atoms with Gasteiger partial charge in [0.2, 0.25) is 0 Å². The molecule has 0 aromatic heterocycles. The molecule has 1 heterocycles. The smallest absolute Gasteiger partial charge is 0.310 e. The van der Waals surface area contributed by atoms with Crippen LogP contribution in [-0.2, 0) is 0 Å². The van der Waals surface area contributed by atoms with Crippen LogP contribution in [0, 0.1) is 16.0 Å². The highest BCUT2D eigenvalue weighted by atomic mass is 16.6. The number of amides is 1. The van der Waals surface area contributed by atoms with Crippen LogP contribution in [0.4, 0.5) is 5.69 Å². The highest BCUT2D eigenvalue weighted by Crippen LogP contribution is 2.27. The van der Waals surface area contributed by atoms with Crippen LogP contribution in [0.1, 0.15) is 23.2 Å². The Kier molecular flexibility index (Phi) is 4.74. The first-order chi connectivity index (χ1) is 10.0. The lowest BCUT2D eigenvalue weighted by molar-refractivity contribution is -0.385. The SMILES string of the molecule is CNCC1CCCN(C(=O)c2ccc([N+](=O)[O-])c(O)c2)C1. The zero-order valence-corrected chi connectivity index (χ0v) is 11.9. The Morgan fingerprint density at radius 2 is 2.33 bits per heavy atom. The van der Waals surface area contributed by atoms with E-state index in [1.165, 1.54) is 12.1 Å². The van der Waals surface area contributed by atoms with Crippen molar-refractivity contribution < 1.29 is 14.8 Å². The molecule has 1 aromatic rings. The molecule has 7 nitrogen and oxygen atoms in total. The number of carbonyl (C=O) groups is 1. The average molecular weight is 293 g/mol. The van der Waals surface area contributed by atoms with Gasteiger partial charge in [-0.25, -0.2) is 0 Å². The molecule has 1 aromatic carbocycles. The number of nitrogens with zero attached hydrogens (tertiary/aromatic N) is 2. The molecule has 2 N–H and O–H groups in total. The van der Waals surface area contributed by atoms with Crippen molar-refractivity contribution in [3.63, 3.8) is 0 Å². The van der Waals surface area contributed by atoms with Crippen LogP contribution in [0.5, 0.6) is 5.75 Å². The van der Waals surface area contributed by atoms with Gasteiger partial charge in [-0.15, -0.1) is 0 Å². The molecule has 1 aliphatic rings. The van der Waals surface area contributed by atoms with Crippen LogP contribution in [0.3, 0.4) is 0 Å². The molecule has 1 saturated heterocycles. The number of phenols is 1. The summed E-state index contributed by atoms with van der Waals surface area (Å²) < 4.78 is 0. The molecule has 21 heavy (non-hydrogen) atoms. The number of piperidine rings is 1. The van der Waals surface area contributed by atoms with E-state index in [-0.39, 0.29) is 11.5 Å². The van der Waals surface area contributed by atoms with Gasteiger partial charge in [-0.05, 0) is 44.5 Å². The fraction of sp³-hybridized carbons (Fsp3) is 0.500. The average Bonchev–Trinajstić information content (AvgIpc) is 2.46. The number of hydrogen-bond donors (Lipinski definition) is 2. The van der Waals surface area contributed by atoms with E-state index < -0.39 is 16.4 Å². The molecule has 0 saturated carbocycles. The Balaban J connectivity index is 2.12. The summed E-state index contributed by atoms with van der Waals surface area (Å²) in [6.45, 7) is 2.20. The molecule has 2 rings (SSSR count). The maximum atomic E-state index is 12.4. The van der Waals surface area contributed by atoms with Crippen molar-refractivity contribution in [2.75, 3.05) is 26.7 Å². The predicted molar refractivity (Wildman–Crippen MR) is 77.3 cm³/mol. The van der Waals surface area contributed by atoms with Gasteiger partial charge >= 0.3 is 5.69 Å². The van der Waals surface area contributed by atoms with Gasteiger partial charge in [-0.2, -0.15) is 0 Å². The molecule has 1 amide bonds. The van der Waals surface area contributed by atoms with Gasteiger partial charge in [0.25, 0.3) is 5.91 Å². The second-order valence-electron chi connectivity index (χ2n) is 5.28. The van der Waals surface area contributed by atoms with Crippen LogP contribution in [0.2, 0.25) is 0 Å². The molecule has 1 unspecified atom stereocenters. The maximum absolute atomic E-state index is 12.4. The van der Waals surface area contributed by atoms with E-state index in [9.17, 15) is 20.0 Å². The molecule has 0 bridgehead atoms. The van der Waals surface area contributed by atoms with Gasteiger partial charge in [0, 0.05) is 24.7 Å². The summed E-state index contributed by atoms with van der Waals surface area (Å²) in [5.74, 6) is -0.255. The van der Waals surface area contributed by atoms with Gasteiger partial charge in [-0.1, -0.05) is 0 Å². The number of phenolic OH excluding ortho intramolecular Hbond substituents is 1. The minimum Gasteiger partial charge on any atom is -0.502 e. The van der Waals surface area contributed by atoms with E-state index in [0.29, 0.717) is 19.0 Å². The van der Waals surface area contributed by atoms with Crippen LogP contribution in [0.25, 0.3) is 0 Å². The monoisotopic (exact) mass is 293 g/mol. The molecule has 1 atom stereocenters. The first kappa shape index (κ1) is 15.2. The Morgan fingerprint density at radius 1 is 1.57 bits per heavy atom. The zero-order valence-electron chi connectivity index (χ0n) is 11.9. The third-order valence-corrected chi connectivity index (χ3v) is 3.72. The number of hydrogen-bond acceptors (Lipinski definition) is 5. The lowest BCUT2D eigenvalue weighted by Gasteiger charge is -2.32. The minimum absolute atomic E-state index is 0.194. The van der Waals surface area contributed by atoms with Crippen LogP contribution < -0.4 is 5.32 Å². The van der Waals surface area contributed by atoms with E-state index in [4.69, 9.17) is 0 Å². The van der Waals surface area contributed by atoms with Crippen molar-refractivity contribution in [3.05, 3.63) is 33.9 Å². The van der Waals surface area contributed by atoms with E-state index in [2.05, 4.69) is 5.32 Å². The molecule has 1 aliphatic heterocycles. The molecular weight excluding hydrogens is 274 g/mol. The fourth-order valence-corrected chi connectivity index (χ4v) is 2.70. The number of likely N-dealkylation sites (tertiary alicyclic amines) is 1. The zero-order chi connectivity index (χ0) is 15.4. The fourth-order valence-electron chi connectivity index (χ4n) is 2.70. The normalized spacial score (nSPS) is 18.5. The highest BCUT2D eigenvalue weighted by Gasteiger charge is 2.25. The number of nitrogens with one attached hydrogen (secondary N) is 1. The lowest BCUT2D eigenvalue weighted by atomic mass is 9.97. The van der Waals surface area contributed by atoms with Crippen molar-refractivity contribution in [2.24, 2.45) is 5.92 Å². The summed E-state index contributed by atoms with van der Waals surface area (Å²) in [6, 6.07) is 3.72. The van der Waals surface area contributed by atoms with Crippen LogP contribution in [0.15, 0.2) is 18.2 Å². The first-order valence-corrected chi connectivity index (χ1v) is 6.94. The van der Waals surface area contributed by atoms with E-state index >= 15 is 0 Å². The first-order valence-electron chi connectivity index (χ1n) is 6.94.